The first-order valence-corrected chi connectivity index (χ1v) is 8.81. The van der Waals surface area contributed by atoms with Gasteiger partial charge in [-0.05, 0) is 36.1 Å². The molecular formula is C19H29N5O. The molecule has 1 aromatic carbocycles. The summed E-state index contributed by atoms with van der Waals surface area (Å²) in [6, 6.07) is 10.1. The summed E-state index contributed by atoms with van der Waals surface area (Å²) in [5.74, 6) is 2.23. The number of aromatic nitrogens is 2. The summed E-state index contributed by atoms with van der Waals surface area (Å²) < 4.78 is 7.71. The van der Waals surface area contributed by atoms with Crippen molar-refractivity contribution in [3.8, 4) is 5.75 Å². The van der Waals surface area contributed by atoms with Gasteiger partial charge in [0.1, 0.15) is 5.75 Å². The number of aliphatic imine (C=N–C) groups is 1. The first kappa shape index (κ1) is 18.8. The third-order valence-electron chi connectivity index (χ3n) is 3.58. The molecule has 0 unspecified atom stereocenters. The third-order valence-corrected chi connectivity index (χ3v) is 3.58. The molecule has 0 saturated carbocycles. The molecule has 0 saturated heterocycles. The summed E-state index contributed by atoms with van der Waals surface area (Å²) in [4.78, 5) is 4.26. The number of hydrogen-bond acceptors (Lipinski definition) is 3. The van der Waals surface area contributed by atoms with Gasteiger partial charge in [0.2, 0.25) is 0 Å². The fourth-order valence-electron chi connectivity index (χ4n) is 2.30. The number of guanidine groups is 1. The number of nitrogens with one attached hydrogen (secondary N) is 2. The van der Waals surface area contributed by atoms with Gasteiger partial charge in [0.15, 0.2) is 5.96 Å². The molecule has 2 aromatic rings. The summed E-state index contributed by atoms with van der Waals surface area (Å²) in [6.45, 7) is 7.47. The zero-order valence-electron chi connectivity index (χ0n) is 15.4. The molecule has 0 aliphatic rings. The first-order chi connectivity index (χ1) is 12.2. The molecule has 0 fully saturated rings. The lowest BCUT2D eigenvalue weighted by atomic mass is 10.2. The van der Waals surface area contributed by atoms with Crippen molar-refractivity contribution >= 4 is 5.96 Å². The lowest BCUT2D eigenvalue weighted by molar-refractivity contribution is 0.271. The molecule has 0 bridgehead atoms. The van der Waals surface area contributed by atoms with E-state index in [1.54, 1.807) is 13.2 Å². The van der Waals surface area contributed by atoms with E-state index < -0.39 is 0 Å². The van der Waals surface area contributed by atoms with E-state index in [2.05, 4.69) is 46.7 Å². The minimum atomic E-state index is 0.520. The normalized spacial score (nSPS) is 11.6. The topological polar surface area (TPSA) is 63.5 Å². The summed E-state index contributed by atoms with van der Waals surface area (Å²) in [7, 11) is 1.78. The Labute approximate surface area is 150 Å². The van der Waals surface area contributed by atoms with Gasteiger partial charge in [0.05, 0.1) is 6.61 Å². The van der Waals surface area contributed by atoms with Crippen molar-refractivity contribution in [1.29, 1.82) is 0 Å². The van der Waals surface area contributed by atoms with Gasteiger partial charge >= 0.3 is 0 Å². The molecule has 2 N–H and O–H groups in total. The van der Waals surface area contributed by atoms with E-state index in [0.29, 0.717) is 12.5 Å². The fourth-order valence-corrected chi connectivity index (χ4v) is 2.30. The van der Waals surface area contributed by atoms with Gasteiger partial charge < -0.3 is 15.4 Å². The zero-order valence-corrected chi connectivity index (χ0v) is 15.4. The van der Waals surface area contributed by atoms with Crippen molar-refractivity contribution in [2.75, 3.05) is 20.2 Å². The summed E-state index contributed by atoms with van der Waals surface area (Å²) in [5.41, 5.74) is 1.17. The Morgan fingerprint density at radius 1 is 1.28 bits per heavy atom. The predicted octanol–water partition coefficient (Wildman–Crippen LogP) is 2.67. The van der Waals surface area contributed by atoms with Gasteiger partial charge in [0, 0.05) is 39.1 Å². The molecule has 25 heavy (non-hydrogen) atoms. The SMILES string of the molecule is CN=C(NCCCn1cccn1)NCc1cccc(OCC(C)C)c1. The van der Waals surface area contributed by atoms with E-state index in [4.69, 9.17) is 4.74 Å². The summed E-state index contributed by atoms with van der Waals surface area (Å²) in [6.07, 6.45) is 4.76. The van der Waals surface area contributed by atoms with Crippen LogP contribution in [0.1, 0.15) is 25.8 Å². The first-order valence-electron chi connectivity index (χ1n) is 8.81. The van der Waals surface area contributed by atoms with Crippen LogP contribution in [0.25, 0.3) is 0 Å². The molecule has 6 heteroatoms. The van der Waals surface area contributed by atoms with E-state index in [0.717, 1.165) is 37.8 Å². The zero-order chi connectivity index (χ0) is 17.9. The molecule has 0 atom stereocenters. The highest BCUT2D eigenvalue weighted by Crippen LogP contribution is 2.14. The Bertz CT molecular complexity index is 637. The highest BCUT2D eigenvalue weighted by Gasteiger charge is 2.01. The lowest BCUT2D eigenvalue weighted by Crippen LogP contribution is -2.37. The summed E-state index contributed by atoms with van der Waals surface area (Å²) in [5, 5.41) is 10.9. The van der Waals surface area contributed by atoms with Gasteiger partial charge in [0.25, 0.3) is 0 Å². The number of ether oxygens (including phenoxy) is 1. The van der Waals surface area contributed by atoms with Crippen LogP contribution in [0.4, 0.5) is 0 Å². The lowest BCUT2D eigenvalue weighted by Gasteiger charge is -2.13. The van der Waals surface area contributed by atoms with Crippen LogP contribution in [0, 0.1) is 5.92 Å². The van der Waals surface area contributed by atoms with Crippen LogP contribution >= 0.6 is 0 Å². The van der Waals surface area contributed by atoms with Crippen LogP contribution in [0.3, 0.4) is 0 Å². The Morgan fingerprint density at radius 3 is 2.88 bits per heavy atom. The number of rotatable bonds is 9. The van der Waals surface area contributed by atoms with Crippen LogP contribution in [0.2, 0.25) is 0 Å². The second kappa shape index (κ2) is 10.4. The molecule has 0 spiro atoms. The van der Waals surface area contributed by atoms with E-state index in [-0.39, 0.29) is 0 Å². The number of nitrogens with zero attached hydrogens (tertiary/aromatic N) is 3. The average Bonchev–Trinajstić information content (AvgIpc) is 3.13. The largest absolute Gasteiger partial charge is 0.493 e. The molecule has 0 radical (unpaired) electrons. The van der Waals surface area contributed by atoms with E-state index in [1.165, 1.54) is 5.56 Å². The Kier molecular flexibility index (Phi) is 7.82. The van der Waals surface area contributed by atoms with Crippen LogP contribution in [0.15, 0.2) is 47.7 Å². The summed E-state index contributed by atoms with van der Waals surface area (Å²) >= 11 is 0. The van der Waals surface area contributed by atoms with Crippen molar-refractivity contribution < 1.29 is 4.74 Å². The minimum Gasteiger partial charge on any atom is -0.493 e. The van der Waals surface area contributed by atoms with Crippen LogP contribution in [-0.4, -0.2) is 35.9 Å². The van der Waals surface area contributed by atoms with Crippen LogP contribution < -0.4 is 15.4 Å². The molecule has 136 valence electrons. The highest BCUT2D eigenvalue weighted by molar-refractivity contribution is 5.79. The maximum atomic E-state index is 5.77. The quantitative estimate of drug-likeness (QED) is 0.417. The molecule has 6 nitrogen and oxygen atoms in total. The molecule has 2 rings (SSSR count). The fraction of sp³-hybridized carbons (Fsp3) is 0.474. The molecule has 0 aliphatic heterocycles. The van der Waals surface area contributed by atoms with Gasteiger partial charge in [-0.25, -0.2) is 0 Å². The van der Waals surface area contributed by atoms with Crippen molar-refractivity contribution in [1.82, 2.24) is 20.4 Å². The van der Waals surface area contributed by atoms with Crippen molar-refractivity contribution in [3.63, 3.8) is 0 Å². The standard InChI is InChI=1S/C19H29N5O/c1-16(2)15-25-18-8-4-7-17(13-18)14-22-19(20-3)21-9-5-11-24-12-6-10-23-24/h4,6-8,10,12-13,16H,5,9,11,14-15H2,1-3H3,(H2,20,21,22). The molecule has 0 amide bonds. The highest BCUT2D eigenvalue weighted by atomic mass is 16.5. The molecule has 1 aromatic heterocycles. The Morgan fingerprint density at radius 2 is 2.16 bits per heavy atom. The van der Waals surface area contributed by atoms with E-state index in [9.17, 15) is 0 Å². The number of aryl methyl sites for hydroxylation is 1. The average molecular weight is 343 g/mol. The third kappa shape index (κ3) is 7.28. The van der Waals surface area contributed by atoms with Crippen LogP contribution in [-0.2, 0) is 13.1 Å². The Hall–Kier alpha value is -2.50. The maximum Gasteiger partial charge on any atom is 0.191 e. The maximum absolute atomic E-state index is 5.77. The minimum absolute atomic E-state index is 0.520. The van der Waals surface area contributed by atoms with Gasteiger partial charge in [-0.2, -0.15) is 5.10 Å². The molecular weight excluding hydrogens is 314 g/mol. The number of hydrogen-bond donors (Lipinski definition) is 2. The molecule has 1 heterocycles. The number of benzene rings is 1. The van der Waals surface area contributed by atoms with Crippen LogP contribution in [0.5, 0.6) is 5.75 Å². The smallest absolute Gasteiger partial charge is 0.191 e. The molecule has 0 aliphatic carbocycles. The Balaban J connectivity index is 1.71. The predicted molar refractivity (Wildman–Crippen MR) is 102 cm³/mol. The second-order valence-corrected chi connectivity index (χ2v) is 6.33. The monoisotopic (exact) mass is 343 g/mol. The van der Waals surface area contributed by atoms with Gasteiger partial charge in [-0.15, -0.1) is 0 Å². The van der Waals surface area contributed by atoms with Crippen molar-refractivity contribution in [2.24, 2.45) is 10.9 Å². The van der Waals surface area contributed by atoms with Gasteiger partial charge in [-0.1, -0.05) is 26.0 Å². The van der Waals surface area contributed by atoms with Crippen molar-refractivity contribution in [2.45, 2.75) is 33.4 Å². The van der Waals surface area contributed by atoms with E-state index >= 15 is 0 Å². The van der Waals surface area contributed by atoms with Crippen molar-refractivity contribution in [3.05, 3.63) is 48.3 Å². The van der Waals surface area contributed by atoms with E-state index in [1.807, 2.05) is 29.1 Å². The second-order valence-electron chi connectivity index (χ2n) is 6.33. The van der Waals surface area contributed by atoms with Gasteiger partial charge in [-0.3, -0.25) is 9.67 Å².